The van der Waals surface area contributed by atoms with Crippen LogP contribution in [-0.4, -0.2) is 13.5 Å². The Balaban J connectivity index is 2.99. The Morgan fingerprint density at radius 2 is 2.08 bits per heavy atom. The molecule has 0 aliphatic carbocycles. The molecule has 1 rings (SSSR count). The molecule has 72 valence electrons. The van der Waals surface area contributed by atoms with Crippen LogP contribution in [0.2, 0.25) is 0 Å². The fourth-order valence-electron chi connectivity index (χ4n) is 0.839. The highest BCUT2D eigenvalue weighted by Crippen LogP contribution is 2.18. The first-order valence-electron chi connectivity index (χ1n) is 3.28. The Bertz CT molecular complexity index is 416. The minimum atomic E-state index is -3.68. The Labute approximate surface area is 79.2 Å². The average Bonchev–Trinajstić information content (AvgIpc) is 1.94. The Hall–Kier alpha value is -0.810. The van der Waals surface area contributed by atoms with Gasteiger partial charge in [0.25, 0.3) is 0 Å². The van der Waals surface area contributed by atoms with E-state index in [9.17, 15) is 12.8 Å². The quantitative estimate of drug-likeness (QED) is 0.777. The van der Waals surface area contributed by atoms with Gasteiger partial charge < -0.3 is 5.11 Å². The second-order valence-corrected chi connectivity index (χ2v) is 5.25. The van der Waals surface area contributed by atoms with E-state index < -0.39 is 26.4 Å². The van der Waals surface area contributed by atoms with Crippen LogP contribution in [0.5, 0.6) is 5.75 Å². The van der Waals surface area contributed by atoms with Crippen LogP contribution in [0.3, 0.4) is 0 Å². The normalized spacial score (nSPS) is 11.5. The Kier molecular flexibility index (Phi) is 2.77. The molecule has 0 radical (unpaired) electrons. The molecule has 0 fully saturated rings. The summed E-state index contributed by atoms with van der Waals surface area (Å²) in [4.78, 5) is 0. The first kappa shape index (κ1) is 10.3. The third-order valence-corrected chi connectivity index (χ3v) is 2.36. The molecule has 0 aliphatic rings. The number of aromatic hydroxyl groups is 1. The molecule has 1 N–H and O–H groups in total. The zero-order valence-corrected chi connectivity index (χ0v) is 7.94. The predicted octanol–water partition coefficient (Wildman–Crippen LogP) is 1.60. The smallest absolute Gasteiger partial charge is 0.236 e. The zero-order chi connectivity index (χ0) is 10.1. The van der Waals surface area contributed by atoms with Crippen molar-refractivity contribution in [2.45, 2.75) is 5.75 Å². The summed E-state index contributed by atoms with van der Waals surface area (Å²) < 4.78 is 33.8. The van der Waals surface area contributed by atoms with Crippen molar-refractivity contribution in [2.24, 2.45) is 0 Å². The van der Waals surface area contributed by atoms with Crippen LogP contribution in [0.25, 0.3) is 0 Å². The second-order valence-electron chi connectivity index (χ2n) is 2.47. The lowest BCUT2D eigenvalue weighted by atomic mass is 10.2. The van der Waals surface area contributed by atoms with Gasteiger partial charge in [0.15, 0.2) is 11.6 Å². The highest BCUT2D eigenvalue weighted by atomic mass is 35.7. The van der Waals surface area contributed by atoms with Gasteiger partial charge >= 0.3 is 0 Å². The van der Waals surface area contributed by atoms with Crippen molar-refractivity contribution in [3.63, 3.8) is 0 Å². The highest BCUT2D eigenvalue weighted by Gasteiger charge is 2.09. The summed E-state index contributed by atoms with van der Waals surface area (Å²) in [6.07, 6.45) is 0. The number of hydrogen-bond acceptors (Lipinski definition) is 3. The SMILES string of the molecule is O=S(=O)(Cl)Cc1ccc(O)c(F)c1. The number of halogens is 2. The van der Waals surface area contributed by atoms with Crippen molar-refractivity contribution in [3.05, 3.63) is 29.6 Å². The standard InChI is InChI=1S/C7H6ClFO3S/c8-13(11,12)4-5-1-2-7(10)6(9)3-5/h1-3,10H,4H2. The van der Waals surface area contributed by atoms with Crippen molar-refractivity contribution in [2.75, 3.05) is 0 Å². The van der Waals surface area contributed by atoms with E-state index >= 15 is 0 Å². The molecule has 0 aromatic heterocycles. The lowest BCUT2D eigenvalue weighted by Crippen LogP contribution is -1.95. The predicted molar refractivity (Wildman–Crippen MR) is 46.5 cm³/mol. The van der Waals surface area contributed by atoms with Crippen LogP contribution >= 0.6 is 10.7 Å². The number of rotatable bonds is 2. The molecular weight excluding hydrogens is 219 g/mol. The molecule has 0 saturated heterocycles. The second kappa shape index (κ2) is 3.51. The summed E-state index contributed by atoms with van der Waals surface area (Å²) >= 11 is 0. The molecule has 1 aromatic rings. The summed E-state index contributed by atoms with van der Waals surface area (Å²) in [5, 5.41) is 8.78. The Morgan fingerprint density at radius 1 is 1.46 bits per heavy atom. The van der Waals surface area contributed by atoms with Crippen molar-refractivity contribution in [3.8, 4) is 5.75 Å². The van der Waals surface area contributed by atoms with Crippen LogP contribution in [-0.2, 0) is 14.8 Å². The fourth-order valence-corrected chi connectivity index (χ4v) is 1.79. The van der Waals surface area contributed by atoms with Gasteiger partial charge in [0.2, 0.25) is 9.05 Å². The molecule has 0 aliphatic heterocycles. The summed E-state index contributed by atoms with van der Waals surface area (Å²) in [7, 11) is 1.26. The van der Waals surface area contributed by atoms with E-state index in [0.717, 1.165) is 12.1 Å². The molecule has 0 unspecified atom stereocenters. The zero-order valence-electron chi connectivity index (χ0n) is 6.37. The van der Waals surface area contributed by atoms with Gasteiger partial charge in [-0.1, -0.05) is 6.07 Å². The van der Waals surface area contributed by atoms with Crippen LogP contribution in [0.4, 0.5) is 4.39 Å². The fraction of sp³-hybridized carbons (Fsp3) is 0.143. The van der Waals surface area contributed by atoms with Gasteiger partial charge in [-0.2, -0.15) is 0 Å². The lowest BCUT2D eigenvalue weighted by molar-refractivity contribution is 0.432. The van der Waals surface area contributed by atoms with E-state index in [4.69, 9.17) is 15.8 Å². The van der Waals surface area contributed by atoms with Gasteiger partial charge in [-0.25, -0.2) is 12.8 Å². The van der Waals surface area contributed by atoms with Gasteiger partial charge in [0.05, 0.1) is 5.75 Å². The van der Waals surface area contributed by atoms with E-state index in [0.29, 0.717) is 0 Å². The number of phenols is 1. The molecule has 1 aromatic carbocycles. The average molecular weight is 225 g/mol. The van der Waals surface area contributed by atoms with Crippen molar-refractivity contribution >= 4 is 19.7 Å². The van der Waals surface area contributed by atoms with Gasteiger partial charge in [-0.05, 0) is 17.7 Å². The van der Waals surface area contributed by atoms with E-state index in [1.54, 1.807) is 0 Å². The third kappa shape index (κ3) is 3.20. The van der Waals surface area contributed by atoms with E-state index in [-0.39, 0.29) is 5.56 Å². The number of benzene rings is 1. The summed E-state index contributed by atoms with van der Waals surface area (Å²) in [6, 6.07) is 3.29. The molecule has 0 atom stereocenters. The molecule has 6 heteroatoms. The summed E-state index contributed by atoms with van der Waals surface area (Å²) in [5.74, 6) is -1.83. The minimum Gasteiger partial charge on any atom is -0.505 e. The van der Waals surface area contributed by atoms with Crippen molar-refractivity contribution in [1.82, 2.24) is 0 Å². The molecule has 0 amide bonds. The number of phenolic OH excluding ortho intramolecular Hbond substituents is 1. The summed E-state index contributed by atoms with van der Waals surface area (Å²) in [5.41, 5.74) is 0.199. The van der Waals surface area contributed by atoms with Gasteiger partial charge in [-0.3, -0.25) is 0 Å². The summed E-state index contributed by atoms with van der Waals surface area (Å²) in [6.45, 7) is 0. The van der Waals surface area contributed by atoms with Crippen molar-refractivity contribution < 1.29 is 17.9 Å². The minimum absolute atomic E-state index is 0.199. The molecule has 3 nitrogen and oxygen atoms in total. The third-order valence-electron chi connectivity index (χ3n) is 1.35. The van der Waals surface area contributed by atoms with Gasteiger partial charge in [0, 0.05) is 10.7 Å². The van der Waals surface area contributed by atoms with Crippen LogP contribution in [0.1, 0.15) is 5.56 Å². The van der Waals surface area contributed by atoms with Crippen LogP contribution < -0.4 is 0 Å². The van der Waals surface area contributed by atoms with Gasteiger partial charge in [-0.15, -0.1) is 0 Å². The van der Waals surface area contributed by atoms with E-state index in [2.05, 4.69) is 0 Å². The molecule has 13 heavy (non-hydrogen) atoms. The lowest BCUT2D eigenvalue weighted by Gasteiger charge is -1.99. The molecule has 0 bridgehead atoms. The van der Waals surface area contributed by atoms with E-state index in [1.165, 1.54) is 6.07 Å². The van der Waals surface area contributed by atoms with Gasteiger partial charge in [0.1, 0.15) is 0 Å². The molecule has 0 saturated carbocycles. The van der Waals surface area contributed by atoms with Crippen LogP contribution in [0.15, 0.2) is 18.2 Å². The number of hydrogen-bond donors (Lipinski definition) is 1. The monoisotopic (exact) mass is 224 g/mol. The first-order valence-corrected chi connectivity index (χ1v) is 5.76. The maximum Gasteiger partial charge on any atom is 0.236 e. The molecule has 0 spiro atoms. The maximum atomic E-state index is 12.7. The largest absolute Gasteiger partial charge is 0.505 e. The highest BCUT2D eigenvalue weighted by molar-refractivity contribution is 8.13. The van der Waals surface area contributed by atoms with Crippen molar-refractivity contribution in [1.29, 1.82) is 0 Å². The maximum absolute atomic E-state index is 12.7. The van der Waals surface area contributed by atoms with Crippen LogP contribution in [0, 0.1) is 5.82 Å². The topological polar surface area (TPSA) is 54.4 Å². The molecule has 0 heterocycles. The molecular formula is C7H6ClFO3S. The first-order chi connectivity index (χ1) is 5.88. The Morgan fingerprint density at radius 3 is 2.54 bits per heavy atom. The van der Waals surface area contributed by atoms with E-state index in [1.807, 2.05) is 0 Å².